The van der Waals surface area contributed by atoms with Gasteiger partial charge in [-0.15, -0.1) is 0 Å². The molecule has 0 amide bonds. The quantitative estimate of drug-likeness (QED) is 0.846. The Kier molecular flexibility index (Phi) is 5.44. The number of nitrogens with one attached hydrogen (secondary N) is 1. The molecule has 5 heteroatoms. The molecule has 21 heavy (non-hydrogen) atoms. The van der Waals surface area contributed by atoms with Gasteiger partial charge in [-0.05, 0) is 44.9 Å². The van der Waals surface area contributed by atoms with Crippen molar-refractivity contribution in [3.63, 3.8) is 0 Å². The zero-order valence-electron chi connectivity index (χ0n) is 13.3. The Balaban J connectivity index is 2.20. The van der Waals surface area contributed by atoms with Crippen molar-refractivity contribution < 1.29 is 4.52 Å². The molecule has 0 spiro atoms. The largest absolute Gasteiger partial charge is 0.339 e. The Morgan fingerprint density at radius 2 is 2.14 bits per heavy atom. The van der Waals surface area contributed by atoms with Crippen LogP contribution in [0.2, 0.25) is 0 Å². The molecule has 2 rings (SSSR count). The van der Waals surface area contributed by atoms with E-state index in [4.69, 9.17) is 4.52 Å². The lowest BCUT2D eigenvalue weighted by Crippen LogP contribution is -2.32. The van der Waals surface area contributed by atoms with Gasteiger partial charge in [-0.25, -0.2) is 0 Å². The smallest absolute Gasteiger partial charge is 0.231 e. The van der Waals surface area contributed by atoms with Crippen LogP contribution in [0, 0.1) is 6.92 Å². The topological polar surface area (TPSA) is 63.8 Å². The minimum Gasteiger partial charge on any atom is -0.339 e. The molecule has 2 unspecified atom stereocenters. The van der Waals surface area contributed by atoms with Crippen LogP contribution in [0.3, 0.4) is 0 Å². The molecule has 1 N–H and O–H groups in total. The molecular formula is C16H24N4O. The zero-order valence-corrected chi connectivity index (χ0v) is 13.3. The molecule has 2 aromatic rings. The SMILES string of the molecule is CCCNC(C)C(CC)c1nc(-c2cnccc2C)no1. The van der Waals surface area contributed by atoms with Gasteiger partial charge in [0.05, 0.1) is 5.92 Å². The third-order valence-electron chi connectivity index (χ3n) is 3.80. The molecule has 0 aliphatic carbocycles. The van der Waals surface area contributed by atoms with Gasteiger partial charge >= 0.3 is 0 Å². The molecule has 2 aromatic heterocycles. The van der Waals surface area contributed by atoms with Crippen LogP contribution in [-0.4, -0.2) is 27.7 Å². The number of hydrogen-bond acceptors (Lipinski definition) is 5. The van der Waals surface area contributed by atoms with Crippen molar-refractivity contribution in [1.29, 1.82) is 0 Å². The Labute approximate surface area is 126 Å². The fourth-order valence-electron chi connectivity index (χ4n) is 2.45. The van der Waals surface area contributed by atoms with E-state index in [0.29, 0.717) is 17.8 Å². The zero-order chi connectivity index (χ0) is 15.2. The predicted molar refractivity (Wildman–Crippen MR) is 83.1 cm³/mol. The van der Waals surface area contributed by atoms with E-state index in [1.54, 1.807) is 12.4 Å². The molecule has 114 valence electrons. The van der Waals surface area contributed by atoms with E-state index in [0.717, 1.165) is 30.5 Å². The normalized spacial score (nSPS) is 14.1. The van der Waals surface area contributed by atoms with Gasteiger partial charge < -0.3 is 9.84 Å². The summed E-state index contributed by atoms with van der Waals surface area (Å²) in [4.78, 5) is 8.72. The van der Waals surface area contributed by atoms with E-state index >= 15 is 0 Å². The first-order valence-electron chi connectivity index (χ1n) is 7.65. The first-order chi connectivity index (χ1) is 10.2. The van der Waals surface area contributed by atoms with Crippen molar-refractivity contribution in [3.8, 4) is 11.4 Å². The highest BCUT2D eigenvalue weighted by molar-refractivity contribution is 5.57. The van der Waals surface area contributed by atoms with Gasteiger partial charge in [0.1, 0.15) is 0 Å². The summed E-state index contributed by atoms with van der Waals surface area (Å²) in [5.74, 6) is 1.55. The first-order valence-corrected chi connectivity index (χ1v) is 7.65. The van der Waals surface area contributed by atoms with Gasteiger partial charge in [-0.1, -0.05) is 19.0 Å². The van der Waals surface area contributed by atoms with Crippen molar-refractivity contribution in [2.24, 2.45) is 0 Å². The number of pyridine rings is 1. The van der Waals surface area contributed by atoms with E-state index < -0.39 is 0 Å². The third kappa shape index (κ3) is 3.67. The Bertz CT molecular complexity index is 567. The molecule has 0 aliphatic heterocycles. The summed E-state index contributed by atoms with van der Waals surface area (Å²) < 4.78 is 5.50. The second kappa shape index (κ2) is 7.31. The maximum absolute atomic E-state index is 5.50. The van der Waals surface area contributed by atoms with Crippen LogP contribution in [0.1, 0.15) is 51.0 Å². The molecule has 0 bridgehead atoms. The second-order valence-corrected chi connectivity index (χ2v) is 5.40. The van der Waals surface area contributed by atoms with E-state index in [1.165, 1.54) is 0 Å². The molecule has 0 aromatic carbocycles. The summed E-state index contributed by atoms with van der Waals surface area (Å²) in [5, 5.41) is 7.63. The lowest BCUT2D eigenvalue weighted by molar-refractivity contribution is 0.316. The highest BCUT2D eigenvalue weighted by atomic mass is 16.5. The van der Waals surface area contributed by atoms with E-state index in [1.807, 2.05) is 13.0 Å². The van der Waals surface area contributed by atoms with E-state index in [2.05, 4.69) is 41.2 Å². The molecule has 2 atom stereocenters. The highest BCUT2D eigenvalue weighted by Gasteiger charge is 2.23. The number of aromatic nitrogens is 3. The highest BCUT2D eigenvalue weighted by Crippen LogP contribution is 2.25. The maximum atomic E-state index is 5.50. The third-order valence-corrected chi connectivity index (χ3v) is 3.80. The monoisotopic (exact) mass is 288 g/mol. The van der Waals surface area contributed by atoms with Crippen molar-refractivity contribution in [1.82, 2.24) is 20.4 Å². The Morgan fingerprint density at radius 3 is 2.81 bits per heavy atom. The average molecular weight is 288 g/mol. The van der Waals surface area contributed by atoms with Gasteiger partial charge in [0.15, 0.2) is 0 Å². The summed E-state index contributed by atoms with van der Waals surface area (Å²) in [6.45, 7) is 9.50. The van der Waals surface area contributed by atoms with Crippen molar-refractivity contribution in [2.45, 2.75) is 52.5 Å². The van der Waals surface area contributed by atoms with E-state index in [9.17, 15) is 0 Å². The second-order valence-electron chi connectivity index (χ2n) is 5.40. The summed E-state index contributed by atoms with van der Waals surface area (Å²) >= 11 is 0. The summed E-state index contributed by atoms with van der Waals surface area (Å²) in [7, 11) is 0. The van der Waals surface area contributed by atoms with Crippen molar-refractivity contribution in [3.05, 3.63) is 29.9 Å². The minimum absolute atomic E-state index is 0.231. The maximum Gasteiger partial charge on any atom is 0.231 e. The number of rotatable bonds is 7. The number of aryl methyl sites for hydroxylation is 1. The van der Waals surface area contributed by atoms with Gasteiger partial charge in [-0.3, -0.25) is 4.98 Å². The molecule has 5 nitrogen and oxygen atoms in total. The summed E-state index contributed by atoms with van der Waals surface area (Å²) in [6.07, 6.45) is 5.63. The molecular weight excluding hydrogens is 264 g/mol. The lowest BCUT2D eigenvalue weighted by atomic mass is 9.98. The van der Waals surface area contributed by atoms with Crippen LogP contribution >= 0.6 is 0 Å². The minimum atomic E-state index is 0.231. The van der Waals surface area contributed by atoms with Crippen LogP contribution in [-0.2, 0) is 0 Å². The summed E-state index contributed by atoms with van der Waals surface area (Å²) in [5.41, 5.74) is 2.03. The molecule has 0 saturated heterocycles. The fourth-order valence-corrected chi connectivity index (χ4v) is 2.45. The van der Waals surface area contributed by atoms with Gasteiger partial charge in [-0.2, -0.15) is 4.98 Å². The van der Waals surface area contributed by atoms with Crippen LogP contribution in [0.25, 0.3) is 11.4 Å². The van der Waals surface area contributed by atoms with Crippen molar-refractivity contribution >= 4 is 0 Å². The Hall–Kier alpha value is -1.75. The van der Waals surface area contributed by atoms with Crippen LogP contribution in [0.5, 0.6) is 0 Å². The standard InChI is InChI=1S/C16H24N4O/c1-5-8-18-12(4)13(6-2)16-19-15(20-21-16)14-10-17-9-7-11(14)3/h7,9-10,12-13,18H,5-6,8H2,1-4H3. The average Bonchev–Trinajstić information content (AvgIpc) is 2.95. The molecule has 0 saturated carbocycles. The Morgan fingerprint density at radius 1 is 1.33 bits per heavy atom. The molecule has 0 radical (unpaired) electrons. The van der Waals surface area contributed by atoms with Crippen LogP contribution < -0.4 is 5.32 Å². The van der Waals surface area contributed by atoms with Gasteiger partial charge in [0, 0.05) is 24.0 Å². The van der Waals surface area contributed by atoms with Crippen LogP contribution in [0.4, 0.5) is 0 Å². The molecule has 0 aliphatic rings. The molecule has 0 fully saturated rings. The van der Waals surface area contributed by atoms with Crippen LogP contribution in [0.15, 0.2) is 23.0 Å². The number of hydrogen-bond donors (Lipinski definition) is 1. The fraction of sp³-hybridized carbons (Fsp3) is 0.562. The summed E-state index contributed by atoms with van der Waals surface area (Å²) in [6, 6.07) is 2.27. The number of nitrogens with zero attached hydrogens (tertiary/aromatic N) is 3. The van der Waals surface area contributed by atoms with Gasteiger partial charge in [0.2, 0.25) is 11.7 Å². The first kappa shape index (κ1) is 15.6. The van der Waals surface area contributed by atoms with Crippen molar-refractivity contribution in [2.75, 3.05) is 6.54 Å². The molecule has 2 heterocycles. The van der Waals surface area contributed by atoms with Gasteiger partial charge in [0.25, 0.3) is 0 Å². The van der Waals surface area contributed by atoms with E-state index in [-0.39, 0.29) is 5.92 Å². The predicted octanol–water partition coefficient (Wildman–Crippen LogP) is 3.32. The lowest BCUT2D eigenvalue weighted by Gasteiger charge is -2.20.